The minimum absolute atomic E-state index is 0.711. The van der Waals surface area contributed by atoms with Gasteiger partial charge in [-0.15, -0.1) is 0 Å². The summed E-state index contributed by atoms with van der Waals surface area (Å²) in [7, 11) is 4.13. The molecule has 2 rings (SSSR count). The quantitative estimate of drug-likeness (QED) is 0.838. The molecular weight excluding hydrogens is 234 g/mol. The third kappa shape index (κ3) is 3.72. The van der Waals surface area contributed by atoms with Crippen LogP contribution in [0.15, 0.2) is 30.1 Å². The van der Waals surface area contributed by atoms with Crippen LogP contribution >= 0.6 is 0 Å². The molecule has 1 aliphatic carbocycles. The van der Waals surface area contributed by atoms with Gasteiger partial charge < -0.3 is 10.2 Å². The third-order valence-corrected chi connectivity index (χ3v) is 3.75. The van der Waals surface area contributed by atoms with Gasteiger partial charge in [-0.2, -0.15) is 0 Å². The standard InChI is InChI=1S/C16H25N3/c1-12-7-13(2)9-14(8-12)10-18-15-11-17-6-5-16(15)19(3)4/h5-7,11-12,14,18H,8-10H2,1-4H3. The van der Waals surface area contributed by atoms with Crippen LogP contribution in [0.2, 0.25) is 0 Å². The molecule has 0 amide bonds. The predicted molar refractivity (Wildman–Crippen MR) is 82.7 cm³/mol. The van der Waals surface area contributed by atoms with Crippen molar-refractivity contribution in [1.82, 2.24) is 4.98 Å². The number of nitrogens with zero attached hydrogens (tertiary/aromatic N) is 2. The van der Waals surface area contributed by atoms with Crippen molar-refractivity contribution in [2.24, 2.45) is 11.8 Å². The molecule has 0 radical (unpaired) electrons. The summed E-state index contributed by atoms with van der Waals surface area (Å²) in [4.78, 5) is 6.34. The number of anilines is 2. The molecule has 0 aromatic carbocycles. The number of hydrogen-bond acceptors (Lipinski definition) is 3. The highest BCUT2D eigenvalue weighted by Gasteiger charge is 2.18. The topological polar surface area (TPSA) is 28.2 Å². The summed E-state index contributed by atoms with van der Waals surface area (Å²) in [6.07, 6.45) is 8.67. The summed E-state index contributed by atoms with van der Waals surface area (Å²) in [6, 6.07) is 2.05. The van der Waals surface area contributed by atoms with Crippen molar-refractivity contribution in [3.63, 3.8) is 0 Å². The van der Waals surface area contributed by atoms with E-state index < -0.39 is 0 Å². The number of rotatable bonds is 4. The first-order valence-corrected chi connectivity index (χ1v) is 7.08. The Bertz CT molecular complexity index is 451. The molecule has 0 fully saturated rings. The van der Waals surface area contributed by atoms with Crippen LogP contribution in [0, 0.1) is 11.8 Å². The van der Waals surface area contributed by atoms with Crippen LogP contribution in [0.3, 0.4) is 0 Å². The molecule has 0 saturated heterocycles. The molecule has 2 unspecified atom stereocenters. The fraction of sp³-hybridized carbons (Fsp3) is 0.562. The van der Waals surface area contributed by atoms with Crippen molar-refractivity contribution in [1.29, 1.82) is 0 Å². The van der Waals surface area contributed by atoms with Crippen LogP contribution in [0.25, 0.3) is 0 Å². The normalized spacial score (nSPS) is 22.8. The lowest BCUT2D eigenvalue weighted by atomic mass is 9.84. The molecule has 3 heteroatoms. The smallest absolute Gasteiger partial charge is 0.0764 e. The van der Waals surface area contributed by atoms with Gasteiger partial charge in [0.05, 0.1) is 17.6 Å². The molecule has 0 saturated carbocycles. The maximum Gasteiger partial charge on any atom is 0.0764 e. The minimum atomic E-state index is 0.711. The zero-order valence-corrected chi connectivity index (χ0v) is 12.5. The van der Waals surface area contributed by atoms with Gasteiger partial charge in [-0.3, -0.25) is 4.98 Å². The van der Waals surface area contributed by atoms with Crippen LogP contribution in [0.5, 0.6) is 0 Å². The molecule has 0 spiro atoms. The second-order valence-electron chi connectivity index (χ2n) is 5.96. The Morgan fingerprint density at radius 2 is 2.21 bits per heavy atom. The van der Waals surface area contributed by atoms with Crippen molar-refractivity contribution < 1.29 is 0 Å². The molecule has 0 aliphatic heterocycles. The van der Waals surface area contributed by atoms with E-state index in [-0.39, 0.29) is 0 Å². The number of aromatic nitrogens is 1. The van der Waals surface area contributed by atoms with Gasteiger partial charge in [0.15, 0.2) is 0 Å². The summed E-state index contributed by atoms with van der Waals surface area (Å²) in [6.45, 7) is 5.59. The molecule has 2 atom stereocenters. The predicted octanol–water partition coefficient (Wildman–Crippen LogP) is 3.55. The van der Waals surface area contributed by atoms with Crippen molar-refractivity contribution in [2.75, 3.05) is 30.9 Å². The van der Waals surface area contributed by atoms with Gasteiger partial charge in [-0.1, -0.05) is 18.6 Å². The molecule has 1 aromatic heterocycles. The second-order valence-corrected chi connectivity index (χ2v) is 5.96. The van der Waals surface area contributed by atoms with Gasteiger partial charge >= 0.3 is 0 Å². The number of pyridine rings is 1. The first-order valence-electron chi connectivity index (χ1n) is 7.08. The summed E-state index contributed by atoms with van der Waals surface area (Å²) in [5.41, 5.74) is 3.86. The molecule has 19 heavy (non-hydrogen) atoms. The fourth-order valence-corrected chi connectivity index (χ4v) is 3.01. The average Bonchev–Trinajstić information content (AvgIpc) is 2.35. The lowest BCUT2D eigenvalue weighted by Crippen LogP contribution is -2.21. The Labute approximate surface area is 116 Å². The van der Waals surface area contributed by atoms with Crippen molar-refractivity contribution in [3.8, 4) is 0 Å². The van der Waals surface area contributed by atoms with Crippen molar-refractivity contribution in [3.05, 3.63) is 30.1 Å². The molecule has 1 heterocycles. The Balaban J connectivity index is 1.98. The van der Waals surface area contributed by atoms with Gasteiger partial charge in [-0.25, -0.2) is 0 Å². The average molecular weight is 259 g/mol. The summed E-state index contributed by atoms with van der Waals surface area (Å²) < 4.78 is 0. The van der Waals surface area contributed by atoms with E-state index in [0.29, 0.717) is 5.92 Å². The fourth-order valence-electron chi connectivity index (χ4n) is 3.01. The van der Waals surface area contributed by atoms with Crippen molar-refractivity contribution >= 4 is 11.4 Å². The van der Waals surface area contributed by atoms with E-state index in [1.807, 2.05) is 12.4 Å². The maximum absolute atomic E-state index is 4.22. The number of allylic oxidation sites excluding steroid dienone is 2. The molecule has 0 bridgehead atoms. The van der Waals surface area contributed by atoms with E-state index in [0.717, 1.165) is 18.2 Å². The van der Waals surface area contributed by atoms with E-state index in [2.05, 4.69) is 55.3 Å². The van der Waals surface area contributed by atoms with Crippen LogP contribution < -0.4 is 10.2 Å². The van der Waals surface area contributed by atoms with E-state index in [9.17, 15) is 0 Å². The molecule has 1 aliphatic rings. The molecule has 1 N–H and O–H groups in total. The minimum Gasteiger partial charge on any atom is -0.382 e. The van der Waals surface area contributed by atoms with Gasteiger partial charge in [-0.05, 0) is 37.7 Å². The van der Waals surface area contributed by atoms with Gasteiger partial charge in [0.2, 0.25) is 0 Å². The van der Waals surface area contributed by atoms with Crippen LogP contribution in [-0.4, -0.2) is 25.6 Å². The highest BCUT2D eigenvalue weighted by molar-refractivity contribution is 5.68. The van der Waals surface area contributed by atoms with E-state index in [1.54, 1.807) is 0 Å². The Morgan fingerprint density at radius 1 is 1.42 bits per heavy atom. The Hall–Kier alpha value is -1.51. The second kappa shape index (κ2) is 6.09. The third-order valence-electron chi connectivity index (χ3n) is 3.75. The van der Waals surface area contributed by atoms with Crippen LogP contribution in [-0.2, 0) is 0 Å². The van der Waals surface area contributed by atoms with Gasteiger partial charge in [0.1, 0.15) is 0 Å². The van der Waals surface area contributed by atoms with Gasteiger partial charge in [0.25, 0.3) is 0 Å². The highest BCUT2D eigenvalue weighted by Crippen LogP contribution is 2.29. The largest absolute Gasteiger partial charge is 0.382 e. The SMILES string of the molecule is CC1=CC(C)CC(CNc2cnccc2N(C)C)C1. The Morgan fingerprint density at radius 3 is 2.89 bits per heavy atom. The summed E-state index contributed by atoms with van der Waals surface area (Å²) in [5.74, 6) is 1.44. The zero-order valence-electron chi connectivity index (χ0n) is 12.5. The lowest BCUT2D eigenvalue weighted by molar-refractivity contribution is 0.421. The molecule has 3 nitrogen and oxygen atoms in total. The maximum atomic E-state index is 4.22. The molecular formula is C16H25N3. The zero-order chi connectivity index (χ0) is 13.8. The molecule has 104 valence electrons. The van der Waals surface area contributed by atoms with E-state index >= 15 is 0 Å². The molecule has 1 aromatic rings. The number of hydrogen-bond donors (Lipinski definition) is 1. The Kier molecular flexibility index (Phi) is 4.46. The monoisotopic (exact) mass is 259 g/mol. The first kappa shape index (κ1) is 13.9. The summed E-state index contributed by atoms with van der Waals surface area (Å²) in [5, 5.41) is 3.57. The lowest BCUT2D eigenvalue weighted by Gasteiger charge is -2.27. The highest BCUT2D eigenvalue weighted by atomic mass is 15.1. The van der Waals surface area contributed by atoms with E-state index in [4.69, 9.17) is 0 Å². The van der Waals surface area contributed by atoms with E-state index in [1.165, 1.54) is 24.1 Å². The van der Waals surface area contributed by atoms with Gasteiger partial charge in [0, 0.05) is 26.8 Å². The van der Waals surface area contributed by atoms with Crippen LogP contribution in [0.1, 0.15) is 26.7 Å². The number of nitrogens with one attached hydrogen (secondary N) is 1. The van der Waals surface area contributed by atoms with Crippen LogP contribution in [0.4, 0.5) is 11.4 Å². The summed E-state index contributed by atoms with van der Waals surface area (Å²) >= 11 is 0. The first-order chi connectivity index (χ1) is 9.06. The van der Waals surface area contributed by atoms with Crippen molar-refractivity contribution in [2.45, 2.75) is 26.7 Å².